The molecule has 4 rings (SSSR count). The Morgan fingerprint density at radius 2 is 1.76 bits per heavy atom. The maximum absolute atomic E-state index is 13.0. The number of nitrogens with zero attached hydrogens (tertiary/aromatic N) is 4. The standard InChI is InChI=1S/C26H41N5O2/c1-26(2,3)19-31-13-12-22-24(31)25(33)27-18-21(28(22)4)10-11-23(32)30-16-14-29(15-17-30)20-8-6-5-7-9-20/h5-9,21-22,24H,10-19H2,1-4H3,(H,27,33)/t21-,22+,24-/m0/s1. The van der Waals surface area contributed by atoms with Crippen molar-refractivity contribution >= 4 is 17.5 Å². The van der Waals surface area contributed by atoms with Crippen molar-refractivity contribution in [1.82, 2.24) is 20.0 Å². The molecule has 3 aliphatic rings. The topological polar surface area (TPSA) is 59.1 Å². The minimum atomic E-state index is -0.0824. The SMILES string of the molecule is CN1[C@@H](CCC(=O)N2CCN(c3ccccc3)CC2)CNC(=O)[C@@H]2[C@H]1CCN2CC(C)(C)C. The Bertz CT molecular complexity index is 816. The summed E-state index contributed by atoms with van der Waals surface area (Å²) in [4.78, 5) is 35.0. The number of anilines is 1. The Morgan fingerprint density at radius 3 is 2.42 bits per heavy atom. The molecule has 3 fully saturated rings. The zero-order valence-electron chi connectivity index (χ0n) is 20.8. The summed E-state index contributed by atoms with van der Waals surface area (Å²) in [5.41, 5.74) is 1.39. The highest BCUT2D eigenvalue weighted by atomic mass is 16.2. The fourth-order valence-corrected chi connectivity index (χ4v) is 5.74. The van der Waals surface area contributed by atoms with Gasteiger partial charge in [0.1, 0.15) is 6.04 Å². The van der Waals surface area contributed by atoms with Gasteiger partial charge in [0.25, 0.3) is 0 Å². The number of nitrogens with one attached hydrogen (secondary N) is 1. The smallest absolute Gasteiger partial charge is 0.239 e. The number of fused-ring (bicyclic) bond motifs is 1. The number of carbonyl (C=O) groups excluding carboxylic acids is 2. The zero-order chi connectivity index (χ0) is 23.6. The number of likely N-dealkylation sites (tertiary alicyclic amines) is 1. The minimum Gasteiger partial charge on any atom is -0.368 e. The predicted molar refractivity (Wildman–Crippen MR) is 132 cm³/mol. The third-order valence-electron chi connectivity index (χ3n) is 7.47. The van der Waals surface area contributed by atoms with Gasteiger partial charge in [-0.3, -0.25) is 19.4 Å². The van der Waals surface area contributed by atoms with E-state index in [4.69, 9.17) is 0 Å². The maximum Gasteiger partial charge on any atom is 0.239 e. The molecule has 0 spiro atoms. The van der Waals surface area contributed by atoms with E-state index in [1.54, 1.807) is 0 Å². The molecule has 33 heavy (non-hydrogen) atoms. The quantitative estimate of drug-likeness (QED) is 0.736. The second-order valence-electron chi connectivity index (χ2n) is 11.1. The monoisotopic (exact) mass is 455 g/mol. The number of hydrogen-bond acceptors (Lipinski definition) is 5. The molecule has 0 saturated carbocycles. The Hall–Kier alpha value is -2.12. The minimum absolute atomic E-state index is 0.0824. The van der Waals surface area contributed by atoms with Gasteiger partial charge in [-0.2, -0.15) is 0 Å². The molecule has 3 saturated heterocycles. The van der Waals surface area contributed by atoms with Gasteiger partial charge < -0.3 is 15.1 Å². The second kappa shape index (κ2) is 10.0. The molecule has 0 aromatic heterocycles. The maximum atomic E-state index is 13.0. The van der Waals surface area contributed by atoms with E-state index < -0.39 is 0 Å². The van der Waals surface area contributed by atoms with E-state index in [9.17, 15) is 9.59 Å². The second-order valence-corrected chi connectivity index (χ2v) is 11.1. The van der Waals surface area contributed by atoms with Crippen molar-refractivity contribution in [2.45, 2.75) is 58.2 Å². The third kappa shape index (κ3) is 5.69. The van der Waals surface area contributed by atoms with Crippen LogP contribution in [0.15, 0.2) is 30.3 Å². The van der Waals surface area contributed by atoms with E-state index in [0.29, 0.717) is 13.0 Å². The van der Waals surface area contributed by atoms with Gasteiger partial charge in [0.2, 0.25) is 11.8 Å². The van der Waals surface area contributed by atoms with Gasteiger partial charge in [0, 0.05) is 70.0 Å². The average Bonchev–Trinajstić information content (AvgIpc) is 3.15. The van der Waals surface area contributed by atoms with Crippen LogP contribution in [-0.2, 0) is 9.59 Å². The van der Waals surface area contributed by atoms with Gasteiger partial charge in [-0.25, -0.2) is 0 Å². The van der Waals surface area contributed by atoms with Crippen molar-refractivity contribution < 1.29 is 9.59 Å². The molecular formula is C26H41N5O2. The van der Waals surface area contributed by atoms with Crippen molar-refractivity contribution in [1.29, 1.82) is 0 Å². The van der Waals surface area contributed by atoms with Crippen LogP contribution in [-0.4, -0.2) is 97.5 Å². The van der Waals surface area contributed by atoms with Gasteiger partial charge in [0.15, 0.2) is 0 Å². The van der Waals surface area contributed by atoms with Gasteiger partial charge in [-0.1, -0.05) is 39.0 Å². The van der Waals surface area contributed by atoms with Crippen LogP contribution in [0, 0.1) is 5.41 Å². The summed E-state index contributed by atoms with van der Waals surface area (Å²) < 4.78 is 0. The largest absolute Gasteiger partial charge is 0.368 e. The van der Waals surface area contributed by atoms with E-state index in [1.165, 1.54) is 5.69 Å². The summed E-state index contributed by atoms with van der Waals surface area (Å²) in [6.45, 7) is 12.5. The van der Waals surface area contributed by atoms with Crippen LogP contribution in [0.25, 0.3) is 0 Å². The summed E-state index contributed by atoms with van der Waals surface area (Å²) in [6, 6.07) is 10.8. The Balaban J connectivity index is 1.29. The zero-order valence-corrected chi connectivity index (χ0v) is 20.8. The molecule has 3 heterocycles. The van der Waals surface area contributed by atoms with E-state index in [1.807, 2.05) is 11.0 Å². The van der Waals surface area contributed by atoms with E-state index in [0.717, 1.165) is 52.1 Å². The van der Waals surface area contributed by atoms with Crippen molar-refractivity contribution in [2.75, 3.05) is 57.8 Å². The fraction of sp³-hybridized carbons (Fsp3) is 0.692. The number of amides is 2. The first-order valence-electron chi connectivity index (χ1n) is 12.5. The van der Waals surface area contributed by atoms with Gasteiger partial charge in [-0.05, 0) is 37.4 Å². The number of benzene rings is 1. The molecule has 7 nitrogen and oxygen atoms in total. The molecule has 1 N–H and O–H groups in total. The molecule has 7 heteroatoms. The average molecular weight is 456 g/mol. The van der Waals surface area contributed by atoms with Gasteiger partial charge in [-0.15, -0.1) is 0 Å². The molecule has 0 unspecified atom stereocenters. The Morgan fingerprint density at radius 1 is 1.06 bits per heavy atom. The van der Waals surface area contributed by atoms with Crippen LogP contribution in [0.5, 0.6) is 0 Å². The van der Waals surface area contributed by atoms with Crippen LogP contribution in [0.1, 0.15) is 40.0 Å². The van der Waals surface area contributed by atoms with Crippen molar-refractivity contribution in [2.24, 2.45) is 5.41 Å². The molecular weight excluding hydrogens is 414 g/mol. The van der Waals surface area contributed by atoms with E-state index in [2.05, 4.69) is 72.1 Å². The summed E-state index contributed by atoms with van der Waals surface area (Å²) in [6.07, 6.45) is 2.34. The van der Waals surface area contributed by atoms with Crippen molar-refractivity contribution in [3.05, 3.63) is 30.3 Å². The fourth-order valence-electron chi connectivity index (χ4n) is 5.74. The molecule has 0 radical (unpaired) electrons. The van der Waals surface area contributed by atoms with Gasteiger partial charge >= 0.3 is 0 Å². The van der Waals surface area contributed by atoms with E-state index in [-0.39, 0.29) is 35.4 Å². The summed E-state index contributed by atoms with van der Waals surface area (Å²) >= 11 is 0. The summed E-state index contributed by atoms with van der Waals surface area (Å²) in [7, 11) is 2.15. The number of piperazine rings is 1. The normalized spacial score (nSPS) is 27.3. The molecule has 1 aromatic carbocycles. The lowest BCUT2D eigenvalue weighted by Gasteiger charge is -2.37. The number of hydrogen-bond donors (Lipinski definition) is 1. The van der Waals surface area contributed by atoms with Crippen molar-refractivity contribution in [3.63, 3.8) is 0 Å². The Labute approximate surface area is 199 Å². The van der Waals surface area contributed by atoms with Crippen molar-refractivity contribution in [3.8, 4) is 0 Å². The molecule has 3 aliphatic heterocycles. The lowest BCUT2D eigenvalue weighted by molar-refractivity contribution is -0.132. The molecule has 0 bridgehead atoms. The molecule has 3 atom stereocenters. The first-order chi connectivity index (χ1) is 15.7. The highest BCUT2D eigenvalue weighted by molar-refractivity contribution is 5.83. The first kappa shape index (κ1) is 24.0. The number of para-hydroxylation sites is 1. The lowest BCUT2D eigenvalue weighted by Crippen LogP contribution is -2.51. The third-order valence-corrected chi connectivity index (χ3v) is 7.47. The highest BCUT2D eigenvalue weighted by Crippen LogP contribution is 2.30. The number of rotatable bonds is 5. The number of likely N-dealkylation sites (N-methyl/N-ethyl adjacent to an activating group) is 1. The Kier molecular flexibility index (Phi) is 7.29. The van der Waals surface area contributed by atoms with Crippen LogP contribution in [0.2, 0.25) is 0 Å². The molecule has 2 amide bonds. The van der Waals surface area contributed by atoms with Crippen LogP contribution in [0.4, 0.5) is 5.69 Å². The predicted octanol–water partition coefficient (Wildman–Crippen LogP) is 2.03. The van der Waals surface area contributed by atoms with E-state index >= 15 is 0 Å². The summed E-state index contributed by atoms with van der Waals surface area (Å²) in [5, 5.41) is 3.19. The van der Waals surface area contributed by atoms with Crippen LogP contribution >= 0.6 is 0 Å². The number of carbonyl (C=O) groups is 2. The summed E-state index contributed by atoms with van der Waals surface area (Å²) in [5.74, 6) is 0.392. The molecule has 182 valence electrons. The van der Waals surface area contributed by atoms with Crippen LogP contribution in [0.3, 0.4) is 0 Å². The first-order valence-corrected chi connectivity index (χ1v) is 12.5. The molecule has 1 aromatic rings. The lowest BCUT2D eigenvalue weighted by atomic mass is 9.95. The highest BCUT2D eigenvalue weighted by Gasteiger charge is 2.45. The van der Waals surface area contributed by atoms with Gasteiger partial charge in [0.05, 0.1) is 0 Å². The molecule has 0 aliphatic carbocycles. The van der Waals surface area contributed by atoms with Crippen LogP contribution < -0.4 is 10.2 Å².